The topological polar surface area (TPSA) is 75.3 Å². The van der Waals surface area contributed by atoms with E-state index >= 15 is 0 Å². The standard InChI is InChI=1S/C19H29N5OS.HI/c1-14(2)18-23-17(25-24-18)11-8-12-21-19(20-4)22-13-15(3)26-16-9-6-5-7-10-16;/h5-7,9-10,14-15H,8,11-13H2,1-4H3,(H2,20,21,22);1H. The zero-order valence-corrected chi connectivity index (χ0v) is 19.6. The molecule has 0 aliphatic heterocycles. The van der Waals surface area contributed by atoms with Crippen LogP contribution >= 0.6 is 35.7 Å². The van der Waals surface area contributed by atoms with Gasteiger partial charge in [0.2, 0.25) is 5.89 Å². The zero-order chi connectivity index (χ0) is 18.8. The number of rotatable bonds is 9. The first-order valence-electron chi connectivity index (χ1n) is 9.07. The summed E-state index contributed by atoms with van der Waals surface area (Å²) in [7, 11) is 1.79. The first-order chi connectivity index (χ1) is 12.6. The van der Waals surface area contributed by atoms with Crippen LogP contribution in [0.3, 0.4) is 0 Å². The Kier molecular flexibility index (Phi) is 11.4. The monoisotopic (exact) mass is 503 g/mol. The second kappa shape index (κ2) is 13.0. The molecule has 1 aromatic carbocycles. The number of aromatic nitrogens is 2. The number of benzene rings is 1. The molecule has 0 aliphatic rings. The van der Waals surface area contributed by atoms with Crippen molar-refractivity contribution in [3.8, 4) is 0 Å². The lowest BCUT2D eigenvalue weighted by atomic mass is 10.2. The third-order valence-electron chi connectivity index (χ3n) is 3.72. The fourth-order valence-corrected chi connectivity index (χ4v) is 3.23. The Morgan fingerprint density at radius 3 is 2.56 bits per heavy atom. The first-order valence-corrected chi connectivity index (χ1v) is 9.95. The van der Waals surface area contributed by atoms with Gasteiger partial charge in [-0.2, -0.15) is 4.98 Å². The van der Waals surface area contributed by atoms with Crippen LogP contribution in [0.1, 0.15) is 44.8 Å². The molecule has 8 heteroatoms. The summed E-state index contributed by atoms with van der Waals surface area (Å²) in [4.78, 5) is 9.95. The molecule has 0 bridgehead atoms. The van der Waals surface area contributed by atoms with Crippen LogP contribution in [0.2, 0.25) is 0 Å². The van der Waals surface area contributed by atoms with E-state index in [1.807, 2.05) is 17.8 Å². The van der Waals surface area contributed by atoms with Crippen molar-refractivity contribution >= 4 is 41.7 Å². The fourth-order valence-electron chi connectivity index (χ4n) is 2.28. The van der Waals surface area contributed by atoms with Crippen LogP contribution in [0.25, 0.3) is 0 Å². The van der Waals surface area contributed by atoms with Crippen molar-refractivity contribution in [2.24, 2.45) is 4.99 Å². The zero-order valence-electron chi connectivity index (χ0n) is 16.4. The highest BCUT2D eigenvalue weighted by Crippen LogP contribution is 2.21. The molecule has 0 saturated carbocycles. The van der Waals surface area contributed by atoms with E-state index < -0.39 is 0 Å². The number of nitrogens with zero attached hydrogens (tertiary/aromatic N) is 3. The molecule has 6 nitrogen and oxygen atoms in total. The Morgan fingerprint density at radius 1 is 1.19 bits per heavy atom. The van der Waals surface area contributed by atoms with E-state index in [2.05, 4.69) is 70.8 Å². The van der Waals surface area contributed by atoms with Gasteiger partial charge in [-0.25, -0.2) is 0 Å². The minimum absolute atomic E-state index is 0. The lowest BCUT2D eigenvalue weighted by Gasteiger charge is -2.15. The summed E-state index contributed by atoms with van der Waals surface area (Å²) in [6.07, 6.45) is 1.68. The second-order valence-electron chi connectivity index (χ2n) is 6.43. The van der Waals surface area contributed by atoms with Crippen molar-refractivity contribution in [1.29, 1.82) is 0 Å². The Labute approximate surface area is 183 Å². The molecule has 2 N–H and O–H groups in total. The summed E-state index contributed by atoms with van der Waals surface area (Å²) in [5.74, 6) is 2.59. The molecule has 1 aromatic heterocycles. The van der Waals surface area contributed by atoms with Crippen molar-refractivity contribution < 1.29 is 4.52 Å². The molecule has 27 heavy (non-hydrogen) atoms. The average Bonchev–Trinajstić information content (AvgIpc) is 3.11. The van der Waals surface area contributed by atoms with Gasteiger partial charge in [-0.05, 0) is 18.6 Å². The van der Waals surface area contributed by atoms with E-state index in [-0.39, 0.29) is 24.0 Å². The largest absolute Gasteiger partial charge is 0.356 e. The summed E-state index contributed by atoms with van der Waals surface area (Å²) in [5.41, 5.74) is 0. The Hall–Kier alpha value is -1.29. The van der Waals surface area contributed by atoms with Gasteiger partial charge in [0.15, 0.2) is 11.8 Å². The highest BCUT2D eigenvalue weighted by Gasteiger charge is 2.09. The van der Waals surface area contributed by atoms with Gasteiger partial charge >= 0.3 is 0 Å². The Bertz CT molecular complexity index is 678. The lowest BCUT2D eigenvalue weighted by molar-refractivity contribution is 0.368. The van der Waals surface area contributed by atoms with E-state index in [9.17, 15) is 0 Å². The lowest BCUT2D eigenvalue weighted by Crippen LogP contribution is -2.40. The van der Waals surface area contributed by atoms with E-state index in [1.165, 1.54) is 4.90 Å². The smallest absolute Gasteiger partial charge is 0.226 e. The number of hydrogen-bond donors (Lipinski definition) is 2. The molecule has 0 aliphatic carbocycles. The quantitative estimate of drug-likeness (QED) is 0.177. The van der Waals surface area contributed by atoms with Crippen LogP contribution in [-0.4, -0.2) is 41.5 Å². The molecule has 2 aromatic rings. The summed E-state index contributed by atoms with van der Waals surface area (Å²) in [5, 5.41) is 11.1. The van der Waals surface area contributed by atoms with E-state index in [4.69, 9.17) is 4.52 Å². The van der Waals surface area contributed by atoms with Gasteiger partial charge in [-0.1, -0.05) is 44.1 Å². The molecular weight excluding hydrogens is 473 g/mol. The first kappa shape index (κ1) is 23.7. The number of hydrogen-bond acceptors (Lipinski definition) is 5. The number of nitrogens with one attached hydrogen (secondary N) is 2. The molecule has 0 spiro atoms. The number of aliphatic imine (C=N–C) groups is 1. The number of guanidine groups is 1. The van der Waals surface area contributed by atoms with Crippen LogP contribution in [0.15, 0.2) is 44.7 Å². The fraction of sp³-hybridized carbons (Fsp3) is 0.526. The summed E-state index contributed by atoms with van der Waals surface area (Å²) in [6.45, 7) is 7.98. The van der Waals surface area contributed by atoms with Crippen LogP contribution in [0, 0.1) is 0 Å². The second-order valence-corrected chi connectivity index (χ2v) is 7.94. The maximum Gasteiger partial charge on any atom is 0.226 e. The van der Waals surface area contributed by atoms with Crippen LogP contribution in [-0.2, 0) is 6.42 Å². The molecule has 1 atom stereocenters. The van der Waals surface area contributed by atoms with Gasteiger partial charge in [0.25, 0.3) is 0 Å². The maximum atomic E-state index is 5.26. The predicted octanol–water partition coefficient (Wildman–Crippen LogP) is 4.09. The van der Waals surface area contributed by atoms with E-state index in [1.54, 1.807) is 7.05 Å². The van der Waals surface area contributed by atoms with Crippen molar-refractivity contribution in [2.45, 2.75) is 49.7 Å². The summed E-state index contributed by atoms with van der Waals surface area (Å²) in [6, 6.07) is 10.4. The van der Waals surface area contributed by atoms with Gasteiger partial charge in [-0.3, -0.25) is 4.99 Å². The predicted molar refractivity (Wildman–Crippen MR) is 123 cm³/mol. The third kappa shape index (κ3) is 8.96. The number of halogens is 1. The molecule has 1 unspecified atom stereocenters. The Morgan fingerprint density at radius 2 is 1.93 bits per heavy atom. The van der Waals surface area contributed by atoms with Crippen molar-refractivity contribution in [1.82, 2.24) is 20.8 Å². The van der Waals surface area contributed by atoms with E-state index in [0.717, 1.165) is 37.7 Å². The number of thioether (sulfide) groups is 1. The molecule has 0 amide bonds. The van der Waals surface area contributed by atoms with Gasteiger partial charge in [0, 0.05) is 42.6 Å². The average molecular weight is 503 g/mol. The van der Waals surface area contributed by atoms with Gasteiger partial charge in [0.05, 0.1) is 0 Å². The maximum absolute atomic E-state index is 5.26. The molecule has 0 radical (unpaired) electrons. The normalized spacial score (nSPS) is 12.6. The third-order valence-corrected chi connectivity index (χ3v) is 4.83. The molecule has 0 fully saturated rings. The summed E-state index contributed by atoms with van der Waals surface area (Å²) >= 11 is 1.85. The minimum atomic E-state index is 0. The number of aryl methyl sites for hydroxylation is 1. The van der Waals surface area contributed by atoms with Gasteiger partial charge < -0.3 is 15.2 Å². The molecule has 0 saturated heterocycles. The molecular formula is C19H30IN5OS. The minimum Gasteiger partial charge on any atom is -0.356 e. The molecule has 2 rings (SSSR count). The highest BCUT2D eigenvalue weighted by atomic mass is 127. The van der Waals surface area contributed by atoms with Crippen molar-refractivity contribution in [3.63, 3.8) is 0 Å². The highest BCUT2D eigenvalue weighted by molar-refractivity contribution is 14.0. The molecule has 1 heterocycles. The van der Waals surface area contributed by atoms with E-state index in [0.29, 0.717) is 17.1 Å². The molecule has 150 valence electrons. The summed E-state index contributed by atoms with van der Waals surface area (Å²) < 4.78 is 5.26. The van der Waals surface area contributed by atoms with Gasteiger partial charge in [-0.15, -0.1) is 35.7 Å². The van der Waals surface area contributed by atoms with Crippen LogP contribution in [0.5, 0.6) is 0 Å². The van der Waals surface area contributed by atoms with Crippen molar-refractivity contribution in [3.05, 3.63) is 42.0 Å². The Balaban J connectivity index is 0.00000364. The van der Waals surface area contributed by atoms with Crippen molar-refractivity contribution in [2.75, 3.05) is 20.1 Å². The van der Waals surface area contributed by atoms with Crippen LogP contribution in [0.4, 0.5) is 0 Å². The van der Waals surface area contributed by atoms with Crippen LogP contribution < -0.4 is 10.6 Å². The SMILES string of the molecule is CN=C(NCCCc1nc(C(C)C)no1)NCC(C)Sc1ccccc1.I. The van der Waals surface area contributed by atoms with Gasteiger partial charge in [0.1, 0.15) is 0 Å².